The summed E-state index contributed by atoms with van der Waals surface area (Å²) >= 11 is 11.8. The van der Waals surface area contributed by atoms with Crippen LogP contribution in [-0.2, 0) is 9.53 Å². The minimum atomic E-state index is -0.466. The normalized spacial score (nSPS) is 11.1. The molecular formula is C16H20Cl2O4. The average Bonchev–Trinajstić information content (AvgIpc) is 2.40. The third-order valence-corrected chi connectivity index (χ3v) is 3.48. The van der Waals surface area contributed by atoms with Crippen LogP contribution in [0.25, 0.3) is 0 Å². The molecule has 0 saturated carbocycles. The Morgan fingerprint density at radius 1 is 1.23 bits per heavy atom. The second kappa shape index (κ2) is 8.39. The molecule has 0 bridgehead atoms. The van der Waals surface area contributed by atoms with Crippen molar-refractivity contribution in [2.45, 2.75) is 45.6 Å². The van der Waals surface area contributed by atoms with Gasteiger partial charge in [0.2, 0.25) is 0 Å². The molecule has 0 unspecified atom stereocenters. The van der Waals surface area contributed by atoms with Gasteiger partial charge >= 0.3 is 5.97 Å². The zero-order valence-electron chi connectivity index (χ0n) is 12.9. The maximum Gasteiger partial charge on any atom is 0.306 e. The van der Waals surface area contributed by atoms with E-state index in [9.17, 15) is 9.59 Å². The summed E-state index contributed by atoms with van der Waals surface area (Å²) in [5.74, 6) is 0.164. The Balaban J connectivity index is 2.38. The summed E-state index contributed by atoms with van der Waals surface area (Å²) in [5, 5.41) is 0.490. The van der Waals surface area contributed by atoms with E-state index in [1.807, 2.05) is 20.8 Å². The van der Waals surface area contributed by atoms with Gasteiger partial charge in [0.15, 0.2) is 6.29 Å². The number of benzene rings is 1. The van der Waals surface area contributed by atoms with Gasteiger partial charge in [-0.25, -0.2) is 0 Å². The number of carbonyl (C=O) groups excluding carboxylic acids is 2. The number of unbranched alkanes of at least 4 members (excludes halogenated alkanes) is 1. The Bertz CT molecular complexity index is 536. The van der Waals surface area contributed by atoms with Crippen LogP contribution in [-0.4, -0.2) is 24.5 Å². The smallest absolute Gasteiger partial charge is 0.306 e. The number of ether oxygens (including phenoxy) is 2. The van der Waals surface area contributed by atoms with E-state index >= 15 is 0 Å². The average molecular weight is 347 g/mol. The summed E-state index contributed by atoms with van der Waals surface area (Å²) in [7, 11) is 0. The monoisotopic (exact) mass is 346 g/mol. The third kappa shape index (κ3) is 6.24. The van der Waals surface area contributed by atoms with Crippen molar-refractivity contribution >= 4 is 35.5 Å². The van der Waals surface area contributed by atoms with E-state index in [1.165, 1.54) is 0 Å². The van der Waals surface area contributed by atoms with Crippen LogP contribution in [0.4, 0.5) is 0 Å². The Morgan fingerprint density at radius 3 is 2.50 bits per heavy atom. The highest BCUT2D eigenvalue weighted by molar-refractivity contribution is 6.43. The molecule has 0 amide bonds. The number of esters is 1. The van der Waals surface area contributed by atoms with Crippen molar-refractivity contribution in [3.63, 3.8) is 0 Å². The summed E-state index contributed by atoms with van der Waals surface area (Å²) < 4.78 is 10.7. The molecule has 0 spiro atoms. The maximum absolute atomic E-state index is 11.5. The van der Waals surface area contributed by atoms with Crippen molar-refractivity contribution < 1.29 is 19.1 Å². The number of halogens is 2. The predicted molar refractivity (Wildman–Crippen MR) is 87.0 cm³/mol. The summed E-state index contributed by atoms with van der Waals surface area (Å²) in [6.45, 7) is 5.87. The molecule has 22 heavy (non-hydrogen) atoms. The topological polar surface area (TPSA) is 52.6 Å². The fraction of sp³-hybridized carbons (Fsp3) is 0.500. The van der Waals surface area contributed by atoms with Crippen LogP contribution in [0.1, 0.15) is 50.4 Å². The lowest BCUT2D eigenvalue weighted by Crippen LogP contribution is -2.23. The highest BCUT2D eigenvalue weighted by Crippen LogP contribution is 2.31. The molecule has 0 N–H and O–H groups in total. The summed E-state index contributed by atoms with van der Waals surface area (Å²) in [5.41, 5.74) is -0.228. The van der Waals surface area contributed by atoms with Crippen molar-refractivity contribution in [3.05, 3.63) is 27.7 Å². The largest absolute Gasteiger partial charge is 0.493 e. The fourth-order valence-corrected chi connectivity index (χ4v) is 2.10. The van der Waals surface area contributed by atoms with E-state index in [2.05, 4.69) is 0 Å². The van der Waals surface area contributed by atoms with Crippen LogP contribution in [0, 0.1) is 0 Å². The first-order chi connectivity index (χ1) is 10.2. The zero-order chi connectivity index (χ0) is 16.8. The van der Waals surface area contributed by atoms with E-state index in [0.29, 0.717) is 42.9 Å². The number of carbonyl (C=O) groups is 2. The molecule has 0 aliphatic rings. The molecule has 1 aromatic rings. The molecule has 122 valence electrons. The van der Waals surface area contributed by atoms with E-state index in [1.54, 1.807) is 12.1 Å². The van der Waals surface area contributed by atoms with Gasteiger partial charge in [-0.05, 0) is 45.7 Å². The Hall–Kier alpha value is -1.26. The van der Waals surface area contributed by atoms with Crippen molar-refractivity contribution in [1.29, 1.82) is 0 Å². The molecule has 0 fully saturated rings. The SMILES string of the molecule is CC(C)(C)OC(=O)CCCCOc1ccc(Cl)c(Cl)c1C=O. The molecule has 0 aliphatic heterocycles. The Morgan fingerprint density at radius 2 is 1.91 bits per heavy atom. The van der Waals surface area contributed by atoms with Crippen LogP contribution >= 0.6 is 23.2 Å². The van der Waals surface area contributed by atoms with Crippen molar-refractivity contribution in [3.8, 4) is 5.75 Å². The summed E-state index contributed by atoms with van der Waals surface area (Å²) in [6.07, 6.45) is 2.26. The quantitative estimate of drug-likeness (QED) is 0.408. The van der Waals surface area contributed by atoms with Gasteiger partial charge in [0.25, 0.3) is 0 Å². The summed E-state index contributed by atoms with van der Waals surface area (Å²) in [6, 6.07) is 3.18. The lowest BCUT2D eigenvalue weighted by molar-refractivity contribution is -0.154. The second-order valence-corrected chi connectivity index (χ2v) is 6.57. The first kappa shape index (κ1) is 18.8. The first-order valence-corrected chi connectivity index (χ1v) is 7.78. The van der Waals surface area contributed by atoms with Crippen LogP contribution < -0.4 is 4.74 Å². The minimum Gasteiger partial charge on any atom is -0.493 e. The number of aldehydes is 1. The third-order valence-electron chi connectivity index (χ3n) is 2.66. The Kier molecular flexibility index (Phi) is 7.17. The lowest BCUT2D eigenvalue weighted by atomic mass is 10.2. The van der Waals surface area contributed by atoms with Gasteiger partial charge in [0, 0.05) is 6.42 Å². The molecule has 0 radical (unpaired) electrons. The molecule has 0 atom stereocenters. The van der Waals surface area contributed by atoms with Crippen LogP contribution in [0.2, 0.25) is 10.0 Å². The molecule has 0 saturated heterocycles. The van der Waals surface area contributed by atoms with Gasteiger partial charge in [-0.2, -0.15) is 0 Å². The van der Waals surface area contributed by atoms with Crippen molar-refractivity contribution in [2.75, 3.05) is 6.61 Å². The first-order valence-electron chi connectivity index (χ1n) is 7.02. The molecule has 0 aromatic heterocycles. The van der Waals surface area contributed by atoms with Crippen LogP contribution in [0.3, 0.4) is 0 Å². The fourth-order valence-electron chi connectivity index (χ4n) is 1.73. The van der Waals surface area contributed by atoms with Crippen LogP contribution in [0.15, 0.2) is 12.1 Å². The predicted octanol–water partition coefficient (Wildman–Crippen LogP) is 4.70. The molecule has 0 aliphatic carbocycles. The van der Waals surface area contributed by atoms with Gasteiger partial charge in [0.1, 0.15) is 11.4 Å². The van der Waals surface area contributed by atoms with Gasteiger partial charge < -0.3 is 9.47 Å². The highest BCUT2D eigenvalue weighted by atomic mass is 35.5. The van der Waals surface area contributed by atoms with E-state index in [0.717, 1.165) is 0 Å². The minimum absolute atomic E-state index is 0.183. The standard InChI is InChI=1S/C16H20Cl2O4/c1-16(2,3)22-14(20)6-4-5-9-21-13-8-7-12(17)15(18)11(13)10-19/h7-8,10H,4-6,9H2,1-3H3. The lowest BCUT2D eigenvalue weighted by Gasteiger charge is -2.19. The molecule has 1 aromatic carbocycles. The van der Waals surface area contributed by atoms with Crippen LogP contribution in [0.5, 0.6) is 5.75 Å². The number of rotatable bonds is 7. The second-order valence-electron chi connectivity index (χ2n) is 5.78. The number of hydrogen-bond acceptors (Lipinski definition) is 4. The molecule has 6 heteroatoms. The van der Waals surface area contributed by atoms with Crippen molar-refractivity contribution in [1.82, 2.24) is 0 Å². The van der Waals surface area contributed by atoms with Crippen molar-refractivity contribution in [2.24, 2.45) is 0 Å². The maximum atomic E-state index is 11.5. The van der Waals surface area contributed by atoms with E-state index in [4.69, 9.17) is 32.7 Å². The zero-order valence-corrected chi connectivity index (χ0v) is 14.5. The molecular weight excluding hydrogens is 327 g/mol. The van der Waals surface area contributed by atoms with Gasteiger partial charge in [-0.15, -0.1) is 0 Å². The molecule has 1 rings (SSSR count). The van der Waals surface area contributed by atoms with Gasteiger partial charge in [0.05, 0.1) is 22.2 Å². The Labute approximate surface area is 140 Å². The van der Waals surface area contributed by atoms with E-state index in [-0.39, 0.29) is 16.6 Å². The van der Waals surface area contributed by atoms with Gasteiger partial charge in [-0.3, -0.25) is 9.59 Å². The van der Waals surface area contributed by atoms with E-state index < -0.39 is 5.60 Å². The number of hydrogen-bond donors (Lipinski definition) is 0. The highest BCUT2D eigenvalue weighted by Gasteiger charge is 2.15. The molecule has 0 heterocycles. The summed E-state index contributed by atoms with van der Waals surface area (Å²) in [4.78, 5) is 22.6. The molecule has 4 nitrogen and oxygen atoms in total. The van der Waals surface area contributed by atoms with Gasteiger partial charge in [-0.1, -0.05) is 23.2 Å².